The zero-order chi connectivity index (χ0) is 17.4. The number of carbonyl (C=O) groups is 1. The van der Waals surface area contributed by atoms with E-state index in [1.165, 1.54) is 11.8 Å². The molecule has 2 aliphatic rings. The summed E-state index contributed by atoms with van der Waals surface area (Å²) in [7, 11) is 0. The van der Waals surface area contributed by atoms with Gasteiger partial charge in [0.1, 0.15) is 10.1 Å². The van der Waals surface area contributed by atoms with Gasteiger partial charge in [-0.15, -0.1) is 0 Å². The molecule has 0 unspecified atom stereocenters. The van der Waals surface area contributed by atoms with Crippen LogP contribution in [0.1, 0.15) is 11.1 Å². The second-order valence-corrected chi connectivity index (χ2v) is 7.19. The van der Waals surface area contributed by atoms with Crippen LogP contribution in [0, 0.1) is 0 Å². The highest BCUT2D eigenvalue weighted by Gasteiger charge is 2.32. The number of rotatable bonds is 3. The first-order valence-electron chi connectivity index (χ1n) is 7.54. The molecule has 2 aromatic carbocycles. The number of amides is 1. The Kier molecular flexibility index (Phi) is 4.10. The minimum absolute atomic E-state index is 0.128. The lowest BCUT2D eigenvalue weighted by Gasteiger charge is -2.14. The Morgan fingerprint density at radius 1 is 1.20 bits per heavy atom. The Bertz CT molecular complexity index is 910. The molecule has 25 heavy (non-hydrogen) atoms. The number of phenolic OH excluding ortho intramolecular Hbond substituents is 1. The van der Waals surface area contributed by atoms with Crippen molar-refractivity contribution in [2.45, 2.75) is 6.54 Å². The number of carbonyl (C=O) groups excluding carboxylic acids is 1. The minimum Gasteiger partial charge on any atom is -0.507 e. The fourth-order valence-corrected chi connectivity index (χ4v) is 3.85. The third kappa shape index (κ3) is 3.08. The van der Waals surface area contributed by atoms with E-state index >= 15 is 0 Å². The first-order chi connectivity index (χ1) is 12.1. The van der Waals surface area contributed by atoms with E-state index in [0.29, 0.717) is 32.8 Å². The molecule has 2 aromatic rings. The van der Waals surface area contributed by atoms with Crippen molar-refractivity contribution >= 4 is 40.3 Å². The average molecular weight is 371 g/mol. The summed E-state index contributed by atoms with van der Waals surface area (Å²) < 4.78 is 11.2. The fourth-order valence-electron chi connectivity index (χ4n) is 2.61. The number of para-hydroxylation sites is 1. The van der Waals surface area contributed by atoms with Crippen molar-refractivity contribution in [2.75, 3.05) is 6.79 Å². The Balaban J connectivity index is 1.56. The second-order valence-electron chi connectivity index (χ2n) is 5.51. The molecule has 0 aromatic heterocycles. The smallest absolute Gasteiger partial charge is 0.266 e. The van der Waals surface area contributed by atoms with Crippen molar-refractivity contribution in [2.24, 2.45) is 0 Å². The average Bonchev–Trinajstić information content (AvgIpc) is 3.17. The molecule has 0 spiro atoms. The summed E-state index contributed by atoms with van der Waals surface area (Å²) in [4.78, 5) is 14.7. The molecule has 7 heteroatoms. The number of hydrogen-bond donors (Lipinski definition) is 1. The predicted octanol–water partition coefficient (Wildman–Crippen LogP) is 3.52. The quantitative estimate of drug-likeness (QED) is 0.658. The molecule has 0 radical (unpaired) electrons. The maximum absolute atomic E-state index is 12.7. The third-order valence-corrected chi connectivity index (χ3v) is 5.25. The lowest BCUT2D eigenvalue weighted by Crippen LogP contribution is -2.27. The lowest BCUT2D eigenvalue weighted by molar-refractivity contribution is -0.122. The van der Waals surface area contributed by atoms with Crippen LogP contribution in [0.4, 0.5) is 0 Å². The summed E-state index contributed by atoms with van der Waals surface area (Å²) in [6, 6.07) is 12.4. The number of phenols is 1. The van der Waals surface area contributed by atoms with E-state index in [4.69, 9.17) is 21.7 Å². The standard InChI is InChI=1S/C18H13NO4S2/c20-13-4-2-1-3-12(13)8-16-17(21)19(18(24)25-16)9-11-5-6-14-15(7-11)23-10-22-14/h1-8,20H,9-10H2. The van der Waals surface area contributed by atoms with E-state index in [0.717, 1.165) is 5.56 Å². The predicted molar refractivity (Wildman–Crippen MR) is 99.4 cm³/mol. The van der Waals surface area contributed by atoms with Gasteiger partial charge >= 0.3 is 0 Å². The maximum atomic E-state index is 12.7. The van der Waals surface area contributed by atoms with Crippen molar-refractivity contribution < 1.29 is 19.4 Å². The molecule has 1 saturated heterocycles. The van der Waals surface area contributed by atoms with Gasteiger partial charge in [-0.25, -0.2) is 0 Å². The number of ether oxygens (including phenoxy) is 2. The molecule has 0 aliphatic carbocycles. The number of benzene rings is 2. The van der Waals surface area contributed by atoms with Crippen LogP contribution in [0.2, 0.25) is 0 Å². The molecular formula is C18H13NO4S2. The fraction of sp³-hybridized carbons (Fsp3) is 0.111. The van der Waals surface area contributed by atoms with Gasteiger partial charge in [-0.3, -0.25) is 9.69 Å². The Hall–Kier alpha value is -2.51. The Morgan fingerprint density at radius 3 is 2.84 bits per heavy atom. The molecule has 1 amide bonds. The SMILES string of the molecule is O=C1C(=Cc2ccccc2O)SC(=S)N1Cc1ccc2c(c1)OCO2. The molecule has 1 fully saturated rings. The van der Waals surface area contributed by atoms with Crippen LogP contribution >= 0.6 is 24.0 Å². The zero-order valence-electron chi connectivity index (χ0n) is 13.0. The van der Waals surface area contributed by atoms with E-state index in [-0.39, 0.29) is 18.4 Å². The largest absolute Gasteiger partial charge is 0.507 e. The van der Waals surface area contributed by atoms with Crippen LogP contribution in [0.15, 0.2) is 47.4 Å². The first kappa shape index (κ1) is 16.0. The molecule has 126 valence electrons. The van der Waals surface area contributed by atoms with Crippen LogP contribution in [0.3, 0.4) is 0 Å². The number of fused-ring (bicyclic) bond motifs is 1. The molecule has 0 saturated carbocycles. The monoisotopic (exact) mass is 371 g/mol. The second kappa shape index (κ2) is 6.42. The molecule has 0 atom stereocenters. The first-order valence-corrected chi connectivity index (χ1v) is 8.76. The van der Waals surface area contributed by atoms with Gasteiger partial charge in [-0.2, -0.15) is 0 Å². The van der Waals surface area contributed by atoms with Crippen molar-refractivity contribution in [3.05, 3.63) is 58.5 Å². The van der Waals surface area contributed by atoms with Gasteiger partial charge in [-0.1, -0.05) is 48.2 Å². The number of thioether (sulfide) groups is 1. The number of thiocarbonyl (C=S) groups is 1. The van der Waals surface area contributed by atoms with Crippen molar-refractivity contribution in [3.63, 3.8) is 0 Å². The summed E-state index contributed by atoms with van der Waals surface area (Å²) in [6.07, 6.45) is 1.66. The van der Waals surface area contributed by atoms with Crippen LogP contribution in [0.5, 0.6) is 17.2 Å². The maximum Gasteiger partial charge on any atom is 0.266 e. The van der Waals surface area contributed by atoms with Crippen molar-refractivity contribution in [1.29, 1.82) is 0 Å². The van der Waals surface area contributed by atoms with Crippen LogP contribution in [-0.4, -0.2) is 27.0 Å². The van der Waals surface area contributed by atoms with E-state index in [2.05, 4.69) is 0 Å². The Labute approximate surface area is 153 Å². The van der Waals surface area contributed by atoms with Gasteiger partial charge < -0.3 is 14.6 Å². The topological polar surface area (TPSA) is 59.0 Å². The molecule has 2 heterocycles. The number of aromatic hydroxyl groups is 1. The summed E-state index contributed by atoms with van der Waals surface area (Å²) in [6.45, 7) is 0.572. The number of nitrogens with zero attached hydrogens (tertiary/aromatic N) is 1. The van der Waals surface area contributed by atoms with Gasteiger partial charge in [0, 0.05) is 5.56 Å². The van der Waals surface area contributed by atoms with Gasteiger partial charge in [0.15, 0.2) is 11.5 Å². The summed E-state index contributed by atoms with van der Waals surface area (Å²) >= 11 is 6.58. The van der Waals surface area contributed by atoms with Gasteiger partial charge in [-0.05, 0) is 29.8 Å². The highest BCUT2D eigenvalue weighted by molar-refractivity contribution is 8.26. The normalized spacial score (nSPS) is 17.6. The van der Waals surface area contributed by atoms with Crippen LogP contribution in [-0.2, 0) is 11.3 Å². The molecular weight excluding hydrogens is 358 g/mol. The van der Waals surface area contributed by atoms with E-state index < -0.39 is 0 Å². The van der Waals surface area contributed by atoms with Gasteiger partial charge in [0.25, 0.3) is 5.91 Å². The molecule has 4 rings (SSSR count). The van der Waals surface area contributed by atoms with Crippen molar-refractivity contribution in [1.82, 2.24) is 4.90 Å². The lowest BCUT2D eigenvalue weighted by atomic mass is 10.1. The summed E-state index contributed by atoms with van der Waals surface area (Å²) in [5.74, 6) is 1.33. The van der Waals surface area contributed by atoms with E-state index in [1.54, 1.807) is 35.2 Å². The molecule has 5 nitrogen and oxygen atoms in total. The summed E-state index contributed by atoms with van der Waals surface area (Å²) in [5.41, 5.74) is 1.50. The van der Waals surface area contributed by atoms with Gasteiger partial charge in [0.2, 0.25) is 6.79 Å². The Morgan fingerprint density at radius 2 is 2.00 bits per heavy atom. The van der Waals surface area contributed by atoms with Crippen LogP contribution in [0.25, 0.3) is 6.08 Å². The van der Waals surface area contributed by atoms with E-state index in [9.17, 15) is 9.90 Å². The van der Waals surface area contributed by atoms with Crippen LogP contribution < -0.4 is 9.47 Å². The minimum atomic E-state index is -0.170. The van der Waals surface area contributed by atoms with Crippen molar-refractivity contribution in [3.8, 4) is 17.2 Å². The zero-order valence-corrected chi connectivity index (χ0v) is 14.6. The van der Waals surface area contributed by atoms with E-state index in [1.807, 2.05) is 18.2 Å². The number of hydrogen-bond acceptors (Lipinski definition) is 6. The third-order valence-electron chi connectivity index (χ3n) is 3.87. The summed E-state index contributed by atoms with van der Waals surface area (Å²) in [5, 5.41) is 9.88. The molecule has 1 N–H and O–H groups in total. The molecule has 2 aliphatic heterocycles. The van der Waals surface area contributed by atoms with Gasteiger partial charge in [0.05, 0.1) is 11.4 Å². The highest BCUT2D eigenvalue weighted by atomic mass is 32.2. The molecule has 0 bridgehead atoms. The highest BCUT2D eigenvalue weighted by Crippen LogP contribution is 2.37.